The van der Waals surface area contributed by atoms with Crippen molar-refractivity contribution < 1.29 is 14.3 Å². The zero-order valence-corrected chi connectivity index (χ0v) is 14.8. The molecule has 0 aromatic carbocycles. The van der Waals surface area contributed by atoms with Gasteiger partial charge >= 0.3 is 5.97 Å². The number of aromatic nitrogens is 2. The molecule has 0 aliphatic carbocycles. The van der Waals surface area contributed by atoms with Gasteiger partial charge in [0, 0.05) is 31.2 Å². The Morgan fingerprint density at radius 3 is 2.88 bits per heavy atom. The quantitative estimate of drug-likeness (QED) is 0.854. The number of hydrogen-bond acceptors (Lipinski definition) is 6. The summed E-state index contributed by atoms with van der Waals surface area (Å²) in [5, 5.41) is 7.48. The van der Waals surface area contributed by atoms with Crippen LogP contribution in [0.2, 0.25) is 0 Å². The van der Waals surface area contributed by atoms with E-state index < -0.39 is 0 Å². The second-order valence-electron chi connectivity index (χ2n) is 5.74. The summed E-state index contributed by atoms with van der Waals surface area (Å²) in [4.78, 5) is 28.1. The summed E-state index contributed by atoms with van der Waals surface area (Å²) in [6, 6.07) is 1.64. The molecular formula is C16H20N4O3S. The number of aryl methyl sites for hydroxylation is 1. The zero-order chi connectivity index (χ0) is 17.3. The molecule has 3 heterocycles. The van der Waals surface area contributed by atoms with E-state index in [4.69, 9.17) is 4.74 Å². The van der Waals surface area contributed by atoms with Crippen molar-refractivity contribution in [3.63, 3.8) is 0 Å². The standard InChI is InChI=1S/C16H20N4O3S/c1-4-23-16(22)13-10-5-7-19(2)9-12(10)24-15(13)17-14(21)11-6-8-20(3)18-11/h6,8H,4-5,7,9H2,1-3H3,(H,17,21). The predicted molar refractivity (Wildman–Crippen MR) is 91.5 cm³/mol. The van der Waals surface area contributed by atoms with Crippen molar-refractivity contribution in [2.45, 2.75) is 19.9 Å². The van der Waals surface area contributed by atoms with Gasteiger partial charge in [0.1, 0.15) is 5.00 Å². The van der Waals surface area contributed by atoms with Gasteiger partial charge in [0.05, 0.1) is 12.2 Å². The fraction of sp³-hybridized carbons (Fsp3) is 0.438. The number of thiophene rings is 1. The molecule has 0 saturated heterocycles. The molecule has 1 aliphatic rings. The van der Waals surface area contributed by atoms with Gasteiger partial charge in [0.15, 0.2) is 5.69 Å². The van der Waals surface area contributed by atoms with E-state index in [0.717, 1.165) is 30.0 Å². The molecular weight excluding hydrogens is 328 g/mol. The minimum atomic E-state index is -0.379. The Bertz CT molecular complexity index is 780. The van der Waals surface area contributed by atoms with Crippen LogP contribution in [0, 0.1) is 0 Å². The number of fused-ring (bicyclic) bond motifs is 1. The van der Waals surface area contributed by atoms with Crippen molar-refractivity contribution in [3.05, 3.63) is 34.0 Å². The molecule has 2 aromatic heterocycles. The molecule has 0 radical (unpaired) electrons. The van der Waals surface area contributed by atoms with Gasteiger partial charge in [-0.3, -0.25) is 9.48 Å². The number of anilines is 1. The third-order valence-electron chi connectivity index (χ3n) is 3.90. The van der Waals surface area contributed by atoms with Crippen LogP contribution in [-0.2, 0) is 24.8 Å². The molecule has 0 fully saturated rings. The predicted octanol–water partition coefficient (Wildman–Crippen LogP) is 1.90. The summed E-state index contributed by atoms with van der Waals surface area (Å²) in [7, 11) is 3.79. The van der Waals surface area contributed by atoms with Crippen molar-refractivity contribution in [2.24, 2.45) is 7.05 Å². The first kappa shape index (κ1) is 16.7. The van der Waals surface area contributed by atoms with E-state index >= 15 is 0 Å². The molecule has 1 N–H and O–H groups in total. The topological polar surface area (TPSA) is 76.5 Å². The summed E-state index contributed by atoms with van der Waals surface area (Å²) in [5.74, 6) is -0.705. The lowest BCUT2D eigenvalue weighted by Crippen LogP contribution is -2.26. The van der Waals surface area contributed by atoms with Gasteiger partial charge < -0.3 is 15.0 Å². The van der Waals surface area contributed by atoms with E-state index in [1.807, 2.05) is 7.05 Å². The molecule has 7 nitrogen and oxygen atoms in total. The minimum Gasteiger partial charge on any atom is -0.462 e. The molecule has 8 heteroatoms. The van der Waals surface area contributed by atoms with Crippen molar-refractivity contribution in [1.29, 1.82) is 0 Å². The van der Waals surface area contributed by atoms with Crippen LogP contribution in [0.25, 0.3) is 0 Å². The maximum atomic E-state index is 12.4. The summed E-state index contributed by atoms with van der Waals surface area (Å²) in [5.41, 5.74) is 1.80. The van der Waals surface area contributed by atoms with E-state index in [1.54, 1.807) is 30.9 Å². The van der Waals surface area contributed by atoms with Crippen LogP contribution in [0.4, 0.5) is 5.00 Å². The highest BCUT2D eigenvalue weighted by atomic mass is 32.1. The highest BCUT2D eigenvalue weighted by molar-refractivity contribution is 7.17. The van der Waals surface area contributed by atoms with E-state index in [1.165, 1.54) is 11.3 Å². The van der Waals surface area contributed by atoms with Crippen LogP contribution in [0.15, 0.2) is 12.3 Å². The molecule has 2 aromatic rings. The third-order valence-corrected chi connectivity index (χ3v) is 5.03. The van der Waals surface area contributed by atoms with Gasteiger partial charge in [-0.05, 0) is 32.0 Å². The molecule has 0 saturated carbocycles. The molecule has 0 atom stereocenters. The number of carbonyl (C=O) groups excluding carboxylic acids is 2. The summed E-state index contributed by atoms with van der Waals surface area (Å²) in [6.45, 7) is 3.73. The fourth-order valence-corrected chi connectivity index (χ4v) is 4.05. The number of nitrogens with zero attached hydrogens (tertiary/aromatic N) is 3. The smallest absolute Gasteiger partial charge is 0.341 e. The zero-order valence-electron chi connectivity index (χ0n) is 14.0. The number of ether oxygens (including phenoxy) is 1. The molecule has 3 rings (SSSR count). The van der Waals surface area contributed by atoms with Crippen molar-refractivity contribution in [2.75, 3.05) is 25.5 Å². The highest BCUT2D eigenvalue weighted by Crippen LogP contribution is 2.37. The normalized spacial score (nSPS) is 14.3. The average molecular weight is 348 g/mol. The Labute approximate surface area is 144 Å². The van der Waals surface area contributed by atoms with Gasteiger partial charge in [-0.15, -0.1) is 11.3 Å². The fourth-order valence-electron chi connectivity index (χ4n) is 2.74. The van der Waals surface area contributed by atoms with E-state index in [9.17, 15) is 9.59 Å². The summed E-state index contributed by atoms with van der Waals surface area (Å²) < 4.78 is 6.76. The Kier molecular flexibility index (Phi) is 4.68. The Morgan fingerprint density at radius 1 is 1.42 bits per heavy atom. The van der Waals surface area contributed by atoms with Crippen molar-refractivity contribution in [3.8, 4) is 0 Å². The number of amides is 1. The Hall–Kier alpha value is -2.19. The lowest BCUT2D eigenvalue weighted by Gasteiger charge is -2.22. The molecule has 1 amide bonds. The van der Waals surface area contributed by atoms with Crippen molar-refractivity contribution >= 4 is 28.2 Å². The number of hydrogen-bond donors (Lipinski definition) is 1. The summed E-state index contributed by atoms with van der Waals surface area (Å²) in [6.07, 6.45) is 2.48. The van der Waals surface area contributed by atoms with Gasteiger partial charge in [-0.1, -0.05) is 0 Å². The number of rotatable bonds is 4. The van der Waals surface area contributed by atoms with Crippen LogP contribution in [0.1, 0.15) is 38.2 Å². The molecule has 0 bridgehead atoms. The Balaban J connectivity index is 1.94. The molecule has 1 aliphatic heterocycles. The Morgan fingerprint density at radius 2 is 2.21 bits per heavy atom. The number of likely N-dealkylation sites (N-methyl/N-ethyl adjacent to an activating group) is 1. The van der Waals surface area contributed by atoms with E-state index in [2.05, 4.69) is 15.3 Å². The van der Waals surface area contributed by atoms with Crippen LogP contribution in [0.5, 0.6) is 0 Å². The minimum absolute atomic E-state index is 0.303. The van der Waals surface area contributed by atoms with E-state index in [0.29, 0.717) is 22.9 Å². The number of carbonyl (C=O) groups is 2. The lowest BCUT2D eigenvalue weighted by atomic mass is 10.0. The maximum absolute atomic E-state index is 12.4. The highest BCUT2D eigenvalue weighted by Gasteiger charge is 2.29. The third kappa shape index (κ3) is 3.20. The SMILES string of the molecule is CCOC(=O)c1c(NC(=O)c2ccn(C)n2)sc2c1CCN(C)C2. The average Bonchev–Trinajstić information content (AvgIpc) is 3.10. The first-order valence-corrected chi connectivity index (χ1v) is 8.62. The molecule has 24 heavy (non-hydrogen) atoms. The van der Waals surface area contributed by atoms with Gasteiger partial charge in [0.2, 0.25) is 0 Å². The first-order valence-electron chi connectivity index (χ1n) is 7.80. The number of nitrogens with one attached hydrogen (secondary N) is 1. The second-order valence-corrected chi connectivity index (χ2v) is 6.85. The maximum Gasteiger partial charge on any atom is 0.341 e. The number of esters is 1. The van der Waals surface area contributed by atoms with E-state index in [-0.39, 0.29) is 11.9 Å². The lowest BCUT2D eigenvalue weighted by molar-refractivity contribution is 0.0526. The first-order chi connectivity index (χ1) is 11.5. The van der Waals surface area contributed by atoms with Gasteiger partial charge in [-0.2, -0.15) is 5.10 Å². The van der Waals surface area contributed by atoms with Gasteiger partial charge in [0.25, 0.3) is 5.91 Å². The van der Waals surface area contributed by atoms with Crippen LogP contribution >= 0.6 is 11.3 Å². The second kappa shape index (κ2) is 6.74. The monoisotopic (exact) mass is 348 g/mol. The molecule has 0 unspecified atom stereocenters. The molecule has 128 valence electrons. The molecule has 0 spiro atoms. The largest absolute Gasteiger partial charge is 0.462 e. The van der Waals surface area contributed by atoms with Crippen molar-refractivity contribution in [1.82, 2.24) is 14.7 Å². The van der Waals surface area contributed by atoms with Crippen LogP contribution in [-0.4, -0.2) is 46.8 Å². The van der Waals surface area contributed by atoms with Crippen LogP contribution in [0.3, 0.4) is 0 Å². The van der Waals surface area contributed by atoms with Crippen LogP contribution < -0.4 is 5.32 Å². The van der Waals surface area contributed by atoms with Gasteiger partial charge in [-0.25, -0.2) is 4.79 Å². The summed E-state index contributed by atoms with van der Waals surface area (Å²) >= 11 is 1.44.